The van der Waals surface area contributed by atoms with Gasteiger partial charge in [-0.15, -0.1) is 0 Å². The lowest BCUT2D eigenvalue weighted by Crippen LogP contribution is -2.29. The average Bonchev–Trinajstić information content (AvgIpc) is 2.40. The van der Waals surface area contributed by atoms with Crippen molar-refractivity contribution in [2.75, 3.05) is 27.3 Å². The number of benzene rings is 1. The average molecular weight is 235 g/mol. The first-order chi connectivity index (χ1) is 8.33. The standard InChI is InChI=1S/C14H21NO2/c1-16-13-7-6-12(10-14(13)17-2)11-15-8-4-3-5-9-15/h6-7,10H,3-5,8-9,11H2,1-2H3. The molecule has 1 aliphatic rings. The summed E-state index contributed by atoms with van der Waals surface area (Å²) in [5.41, 5.74) is 1.30. The predicted molar refractivity (Wildman–Crippen MR) is 68.7 cm³/mol. The molecule has 1 saturated heterocycles. The smallest absolute Gasteiger partial charge is 0.161 e. The summed E-state index contributed by atoms with van der Waals surface area (Å²) in [6.45, 7) is 3.45. The summed E-state index contributed by atoms with van der Waals surface area (Å²) in [7, 11) is 3.35. The van der Waals surface area contributed by atoms with Crippen molar-refractivity contribution in [2.24, 2.45) is 0 Å². The summed E-state index contributed by atoms with van der Waals surface area (Å²) >= 11 is 0. The molecule has 0 radical (unpaired) electrons. The Hall–Kier alpha value is -1.22. The van der Waals surface area contributed by atoms with Crippen LogP contribution < -0.4 is 9.47 Å². The third-order valence-corrected chi connectivity index (χ3v) is 3.30. The summed E-state index contributed by atoms with van der Waals surface area (Å²) in [4.78, 5) is 2.50. The quantitative estimate of drug-likeness (QED) is 0.801. The van der Waals surface area contributed by atoms with Gasteiger partial charge in [-0.05, 0) is 43.6 Å². The molecule has 2 rings (SSSR count). The van der Waals surface area contributed by atoms with Crippen molar-refractivity contribution in [3.8, 4) is 11.5 Å². The van der Waals surface area contributed by atoms with Crippen LogP contribution in [0.1, 0.15) is 24.8 Å². The maximum Gasteiger partial charge on any atom is 0.161 e. The zero-order valence-electron chi connectivity index (χ0n) is 10.7. The fourth-order valence-corrected chi connectivity index (χ4v) is 2.35. The Morgan fingerprint density at radius 2 is 1.71 bits per heavy atom. The van der Waals surface area contributed by atoms with Gasteiger partial charge in [0.25, 0.3) is 0 Å². The second-order valence-corrected chi connectivity index (χ2v) is 4.53. The molecular formula is C14H21NO2. The number of nitrogens with zero attached hydrogens (tertiary/aromatic N) is 1. The fourth-order valence-electron chi connectivity index (χ4n) is 2.35. The highest BCUT2D eigenvalue weighted by molar-refractivity contribution is 5.42. The minimum Gasteiger partial charge on any atom is -0.493 e. The topological polar surface area (TPSA) is 21.7 Å². The van der Waals surface area contributed by atoms with E-state index in [-0.39, 0.29) is 0 Å². The molecule has 94 valence electrons. The first-order valence-electron chi connectivity index (χ1n) is 6.27. The summed E-state index contributed by atoms with van der Waals surface area (Å²) < 4.78 is 10.6. The molecule has 1 aromatic rings. The molecule has 1 aromatic carbocycles. The van der Waals surface area contributed by atoms with Crippen LogP contribution in [-0.2, 0) is 6.54 Å². The van der Waals surface area contributed by atoms with Gasteiger partial charge in [0.2, 0.25) is 0 Å². The second kappa shape index (κ2) is 5.92. The van der Waals surface area contributed by atoms with Crippen molar-refractivity contribution >= 4 is 0 Å². The zero-order valence-corrected chi connectivity index (χ0v) is 10.7. The number of rotatable bonds is 4. The van der Waals surface area contributed by atoms with Crippen molar-refractivity contribution in [3.63, 3.8) is 0 Å². The van der Waals surface area contributed by atoms with E-state index in [9.17, 15) is 0 Å². The molecule has 0 bridgehead atoms. The summed E-state index contributed by atoms with van der Waals surface area (Å²) in [6.07, 6.45) is 4.03. The van der Waals surface area contributed by atoms with Gasteiger partial charge in [-0.1, -0.05) is 12.5 Å². The Kier molecular flexibility index (Phi) is 4.26. The first kappa shape index (κ1) is 12.2. The van der Waals surface area contributed by atoms with Crippen molar-refractivity contribution in [2.45, 2.75) is 25.8 Å². The predicted octanol–water partition coefficient (Wildman–Crippen LogP) is 2.69. The van der Waals surface area contributed by atoms with Gasteiger partial charge in [0.05, 0.1) is 14.2 Å². The van der Waals surface area contributed by atoms with Gasteiger partial charge in [0, 0.05) is 6.54 Å². The van der Waals surface area contributed by atoms with Gasteiger partial charge in [-0.2, -0.15) is 0 Å². The minimum atomic E-state index is 0.801. The van der Waals surface area contributed by atoms with Crippen LogP contribution in [0.5, 0.6) is 11.5 Å². The zero-order chi connectivity index (χ0) is 12.1. The van der Waals surface area contributed by atoms with E-state index in [0.717, 1.165) is 18.0 Å². The Morgan fingerprint density at radius 3 is 2.35 bits per heavy atom. The maximum atomic E-state index is 5.32. The van der Waals surface area contributed by atoms with Crippen molar-refractivity contribution in [1.29, 1.82) is 0 Å². The van der Waals surface area contributed by atoms with Crippen LogP contribution in [0.25, 0.3) is 0 Å². The third kappa shape index (κ3) is 3.13. The van der Waals surface area contributed by atoms with Crippen molar-refractivity contribution in [3.05, 3.63) is 23.8 Å². The van der Waals surface area contributed by atoms with Gasteiger partial charge in [0.15, 0.2) is 11.5 Å². The van der Waals surface area contributed by atoms with E-state index in [0.29, 0.717) is 0 Å². The van der Waals surface area contributed by atoms with Crippen LogP contribution in [0.3, 0.4) is 0 Å². The van der Waals surface area contributed by atoms with Crippen LogP contribution >= 0.6 is 0 Å². The lowest BCUT2D eigenvalue weighted by Gasteiger charge is -2.26. The molecule has 1 aliphatic heterocycles. The molecule has 0 saturated carbocycles. The Morgan fingerprint density at radius 1 is 1.00 bits per heavy atom. The molecule has 0 atom stereocenters. The van der Waals surface area contributed by atoms with E-state index in [1.165, 1.54) is 37.9 Å². The van der Waals surface area contributed by atoms with E-state index in [1.807, 2.05) is 6.07 Å². The lowest BCUT2D eigenvalue weighted by molar-refractivity contribution is 0.220. The van der Waals surface area contributed by atoms with E-state index in [2.05, 4.69) is 17.0 Å². The highest BCUT2D eigenvalue weighted by Gasteiger charge is 2.11. The molecule has 0 N–H and O–H groups in total. The maximum absolute atomic E-state index is 5.32. The molecule has 3 heteroatoms. The minimum absolute atomic E-state index is 0.801. The molecular weight excluding hydrogens is 214 g/mol. The molecule has 1 heterocycles. The normalized spacial score (nSPS) is 16.8. The Balaban J connectivity index is 2.05. The largest absolute Gasteiger partial charge is 0.493 e. The number of piperidine rings is 1. The monoisotopic (exact) mass is 235 g/mol. The van der Waals surface area contributed by atoms with Crippen LogP contribution in [0.15, 0.2) is 18.2 Å². The Bertz CT molecular complexity index is 359. The van der Waals surface area contributed by atoms with E-state index in [4.69, 9.17) is 9.47 Å². The molecule has 0 unspecified atom stereocenters. The third-order valence-electron chi connectivity index (χ3n) is 3.30. The van der Waals surface area contributed by atoms with Crippen molar-refractivity contribution < 1.29 is 9.47 Å². The van der Waals surface area contributed by atoms with Crippen LogP contribution in [-0.4, -0.2) is 32.2 Å². The van der Waals surface area contributed by atoms with Crippen LogP contribution in [0.2, 0.25) is 0 Å². The van der Waals surface area contributed by atoms with E-state index >= 15 is 0 Å². The van der Waals surface area contributed by atoms with Gasteiger partial charge in [-0.25, -0.2) is 0 Å². The molecule has 17 heavy (non-hydrogen) atoms. The number of hydrogen-bond donors (Lipinski definition) is 0. The number of ether oxygens (including phenoxy) is 2. The molecule has 0 amide bonds. The van der Waals surface area contributed by atoms with Gasteiger partial charge >= 0.3 is 0 Å². The first-order valence-corrected chi connectivity index (χ1v) is 6.27. The molecule has 0 aromatic heterocycles. The highest BCUT2D eigenvalue weighted by Crippen LogP contribution is 2.28. The van der Waals surface area contributed by atoms with E-state index < -0.39 is 0 Å². The number of hydrogen-bond acceptors (Lipinski definition) is 3. The molecule has 0 aliphatic carbocycles. The summed E-state index contributed by atoms with van der Waals surface area (Å²) in [5.74, 6) is 1.62. The van der Waals surface area contributed by atoms with E-state index in [1.54, 1.807) is 14.2 Å². The van der Waals surface area contributed by atoms with Crippen LogP contribution in [0.4, 0.5) is 0 Å². The van der Waals surface area contributed by atoms with Gasteiger partial charge in [0.1, 0.15) is 0 Å². The Labute approximate surface area is 103 Å². The SMILES string of the molecule is COc1ccc(CN2CCCCC2)cc1OC. The summed E-state index contributed by atoms with van der Waals surface area (Å²) in [6, 6.07) is 6.18. The van der Waals surface area contributed by atoms with Crippen LogP contribution in [0, 0.1) is 0 Å². The second-order valence-electron chi connectivity index (χ2n) is 4.53. The summed E-state index contributed by atoms with van der Waals surface area (Å²) in [5, 5.41) is 0. The molecule has 1 fully saturated rings. The fraction of sp³-hybridized carbons (Fsp3) is 0.571. The lowest BCUT2D eigenvalue weighted by atomic mass is 10.1. The van der Waals surface area contributed by atoms with Gasteiger partial charge < -0.3 is 9.47 Å². The number of likely N-dealkylation sites (tertiary alicyclic amines) is 1. The highest BCUT2D eigenvalue weighted by atomic mass is 16.5. The van der Waals surface area contributed by atoms with Gasteiger partial charge in [-0.3, -0.25) is 4.90 Å². The van der Waals surface area contributed by atoms with Crippen molar-refractivity contribution in [1.82, 2.24) is 4.90 Å². The number of methoxy groups -OCH3 is 2. The molecule has 3 nitrogen and oxygen atoms in total. The molecule has 0 spiro atoms.